The number of nitrogens with zero attached hydrogens (tertiary/aromatic N) is 2. The van der Waals surface area contributed by atoms with E-state index in [1.807, 2.05) is 6.92 Å². The Kier molecular flexibility index (Phi) is 6.25. The van der Waals surface area contributed by atoms with Crippen LogP contribution in [0.15, 0.2) is 24.3 Å². The average molecular weight is 349 g/mol. The van der Waals surface area contributed by atoms with Gasteiger partial charge >= 0.3 is 0 Å². The Bertz CT molecular complexity index is 700. The Balaban J connectivity index is 1.97. The molecule has 24 heavy (non-hydrogen) atoms. The minimum absolute atomic E-state index is 0.0278. The van der Waals surface area contributed by atoms with Gasteiger partial charge < -0.3 is 9.47 Å². The highest BCUT2D eigenvalue weighted by atomic mass is 32.1. The van der Waals surface area contributed by atoms with E-state index in [2.05, 4.69) is 14.7 Å². The number of methoxy groups -OCH3 is 1. The number of Topliss-reactive ketones (excluding diaryl/α,β-unsaturated/α-hetero) is 1. The minimum atomic E-state index is -0.654. The number of rotatable bonds is 8. The van der Waals surface area contributed by atoms with Gasteiger partial charge in [-0.3, -0.25) is 14.9 Å². The van der Waals surface area contributed by atoms with Crippen molar-refractivity contribution in [3.63, 3.8) is 0 Å². The molecule has 2 aromatic rings. The van der Waals surface area contributed by atoms with Crippen LogP contribution in [0.3, 0.4) is 0 Å². The van der Waals surface area contributed by atoms with E-state index in [-0.39, 0.29) is 18.1 Å². The molecule has 0 spiro atoms. The van der Waals surface area contributed by atoms with Crippen molar-refractivity contribution in [1.29, 1.82) is 0 Å². The highest BCUT2D eigenvalue weighted by Gasteiger charge is 2.20. The highest BCUT2D eigenvalue weighted by Crippen LogP contribution is 2.20. The van der Waals surface area contributed by atoms with E-state index in [4.69, 9.17) is 9.47 Å². The van der Waals surface area contributed by atoms with Crippen LogP contribution < -0.4 is 14.8 Å². The first-order chi connectivity index (χ1) is 11.5. The number of carbonyl (C=O) groups excluding carboxylic acids is 2. The number of hydrogen-bond acceptors (Lipinski definition) is 7. The lowest BCUT2D eigenvalue weighted by atomic mass is 10.2. The second-order valence-electron chi connectivity index (χ2n) is 5.07. The maximum atomic E-state index is 12.3. The molecule has 0 saturated heterocycles. The first kappa shape index (κ1) is 17.9. The van der Waals surface area contributed by atoms with Crippen molar-refractivity contribution < 1.29 is 19.1 Å². The summed E-state index contributed by atoms with van der Waals surface area (Å²) >= 11 is 1.04. The zero-order chi connectivity index (χ0) is 17.5. The van der Waals surface area contributed by atoms with Gasteiger partial charge in [-0.05, 0) is 37.6 Å². The molecule has 0 aliphatic rings. The molecule has 2 rings (SSSR count). The standard InChI is InChI=1S/C16H19N3O4S/c1-4-13(23-12-7-5-11(22-3)6-8-12)15(21)18-16-17-14(19-24-16)9-10(2)20/h5-8,13H,4,9H2,1-3H3,(H,17,18,19,21). The number of benzene rings is 1. The van der Waals surface area contributed by atoms with Gasteiger partial charge in [0.05, 0.1) is 13.5 Å². The summed E-state index contributed by atoms with van der Waals surface area (Å²) in [7, 11) is 1.58. The summed E-state index contributed by atoms with van der Waals surface area (Å²) in [6.07, 6.45) is 0.00153. The Morgan fingerprint density at radius 1 is 1.25 bits per heavy atom. The van der Waals surface area contributed by atoms with Gasteiger partial charge in [0.2, 0.25) is 5.13 Å². The Morgan fingerprint density at radius 3 is 2.50 bits per heavy atom. The van der Waals surface area contributed by atoms with Gasteiger partial charge in [-0.25, -0.2) is 4.98 Å². The fraction of sp³-hybridized carbons (Fsp3) is 0.375. The summed E-state index contributed by atoms with van der Waals surface area (Å²) < 4.78 is 14.8. The van der Waals surface area contributed by atoms with E-state index in [0.29, 0.717) is 28.9 Å². The molecule has 128 valence electrons. The molecule has 0 saturated carbocycles. The van der Waals surface area contributed by atoms with Crippen LogP contribution in [0.4, 0.5) is 5.13 Å². The molecular formula is C16H19N3O4S. The molecule has 1 unspecified atom stereocenters. The van der Waals surface area contributed by atoms with E-state index in [9.17, 15) is 9.59 Å². The Labute approximate surface area is 144 Å². The fourth-order valence-corrected chi connectivity index (χ4v) is 2.52. The molecule has 0 radical (unpaired) electrons. The lowest BCUT2D eigenvalue weighted by Crippen LogP contribution is -2.32. The van der Waals surface area contributed by atoms with Crippen molar-refractivity contribution in [2.45, 2.75) is 32.8 Å². The summed E-state index contributed by atoms with van der Waals surface area (Å²) in [6, 6.07) is 7.01. The number of hydrogen-bond donors (Lipinski definition) is 1. The number of aromatic nitrogens is 2. The van der Waals surface area contributed by atoms with E-state index < -0.39 is 6.10 Å². The predicted octanol–water partition coefficient (Wildman–Crippen LogP) is 2.47. The number of nitrogens with one attached hydrogen (secondary N) is 1. The van der Waals surface area contributed by atoms with Gasteiger partial charge in [-0.15, -0.1) is 0 Å². The number of amides is 1. The van der Waals surface area contributed by atoms with E-state index >= 15 is 0 Å². The number of ether oxygens (including phenoxy) is 2. The molecule has 1 N–H and O–H groups in total. The number of ketones is 1. The molecule has 0 bridgehead atoms. The third kappa shape index (κ3) is 5.02. The Hall–Kier alpha value is -2.48. The van der Waals surface area contributed by atoms with Crippen molar-refractivity contribution >= 4 is 28.4 Å². The van der Waals surface area contributed by atoms with Gasteiger partial charge in [0.15, 0.2) is 11.9 Å². The number of anilines is 1. The molecule has 1 aromatic heterocycles. The normalized spacial score (nSPS) is 11.6. The number of carbonyl (C=O) groups is 2. The van der Waals surface area contributed by atoms with E-state index in [1.54, 1.807) is 31.4 Å². The van der Waals surface area contributed by atoms with Crippen LogP contribution in [0, 0.1) is 0 Å². The third-order valence-electron chi connectivity index (χ3n) is 3.11. The maximum absolute atomic E-state index is 12.3. The zero-order valence-corrected chi connectivity index (χ0v) is 14.6. The second-order valence-corrected chi connectivity index (χ2v) is 5.83. The smallest absolute Gasteiger partial charge is 0.267 e. The van der Waals surface area contributed by atoms with Crippen LogP contribution in [-0.4, -0.2) is 34.3 Å². The molecular weight excluding hydrogens is 330 g/mol. The summed E-state index contributed by atoms with van der Waals surface area (Å²) in [5.74, 6) is 1.37. The lowest BCUT2D eigenvalue weighted by Gasteiger charge is -2.16. The molecule has 1 amide bonds. The van der Waals surface area contributed by atoms with Gasteiger partial charge in [-0.2, -0.15) is 4.37 Å². The molecule has 0 aliphatic heterocycles. The van der Waals surface area contributed by atoms with Crippen molar-refractivity contribution in [2.75, 3.05) is 12.4 Å². The van der Waals surface area contributed by atoms with Crippen molar-refractivity contribution in [2.24, 2.45) is 0 Å². The SMILES string of the molecule is CCC(Oc1ccc(OC)cc1)C(=O)Nc1nc(CC(C)=O)ns1. The lowest BCUT2D eigenvalue weighted by molar-refractivity contribution is -0.122. The molecule has 0 aliphatic carbocycles. The second kappa shape index (κ2) is 8.39. The van der Waals surface area contributed by atoms with Crippen molar-refractivity contribution in [3.05, 3.63) is 30.1 Å². The van der Waals surface area contributed by atoms with Gasteiger partial charge in [0, 0.05) is 11.5 Å². The molecule has 7 nitrogen and oxygen atoms in total. The van der Waals surface area contributed by atoms with E-state index in [0.717, 1.165) is 11.5 Å². The first-order valence-electron chi connectivity index (χ1n) is 7.45. The van der Waals surface area contributed by atoms with Crippen molar-refractivity contribution in [3.8, 4) is 11.5 Å². The topological polar surface area (TPSA) is 90.4 Å². The van der Waals surface area contributed by atoms with Crippen LogP contribution in [-0.2, 0) is 16.0 Å². The molecule has 0 fully saturated rings. The molecule has 1 heterocycles. The van der Waals surface area contributed by atoms with Gasteiger partial charge in [-0.1, -0.05) is 6.92 Å². The Morgan fingerprint density at radius 2 is 1.92 bits per heavy atom. The summed E-state index contributed by atoms with van der Waals surface area (Å²) in [5.41, 5.74) is 0. The van der Waals surface area contributed by atoms with Gasteiger partial charge in [0.25, 0.3) is 5.91 Å². The molecule has 1 atom stereocenters. The molecule has 1 aromatic carbocycles. The monoisotopic (exact) mass is 349 g/mol. The quantitative estimate of drug-likeness (QED) is 0.787. The van der Waals surface area contributed by atoms with Crippen LogP contribution >= 0.6 is 11.5 Å². The molecule has 8 heteroatoms. The summed E-state index contributed by atoms with van der Waals surface area (Å²) in [4.78, 5) is 27.5. The van der Waals surface area contributed by atoms with Crippen molar-refractivity contribution in [1.82, 2.24) is 9.36 Å². The van der Waals surface area contributed by atoms with Crippen LogP contribution in [0.2, 0.25) is 0 Å². The summed E-state index contributed by atoms with van der Waals surface area (Å²) in [5, 5.41) is 3.03. The van der Waals surface area contributed by atoms with Crippen LogP contribution in [0.5, 0.6) is 11.5 Å². The summed E-state index contributed by atoms with van der Waals surface area (Å²) in [6.45, 7) is 3.32. The van der Waals surface area contributed by atoms with Crippen LogP contribution in [0.25, 0.3) is 0 Å². The predicted molar refractivity (Wildman–Crippen MR) is 90.6 cm³/mol. The van der Waals surface area contributed by atoms with E-state index in [1.165, 1.54) is 6.92 Å². The highest BCUT2D eigenvalue weighted by molar-refractivity contribution is 7.09. The first-order valence-corrected chi connectivity index (χ1v) is 8.22. The minimum Gasteiger partial charge on any atom is -0.497 e. The fourth-order valence-electron chi connectivity index (χ4n) is 1.93. The van der Waals surface area contributed by atoms with Gasteiger partial charge in [0.1, 0.15) is 17.3 Å². The van der Waals surface area contributed by atoms with Crippen LogP contribution in [0.1, 0.15) is 26.1 Å². The maximum Gasteiger partial charge on any atom is 0.267 e. The largest absolute Gasteiger partial charge is 0.497 e. The average Bonchev–Trinajstić information content (AvgIpc) is 2.99. The third-order valence-corrected chi connectivity index (χ3v) is 3.77. The zero-order valence-electron chi connectivity index (χ0n) is 13.7.